The minimum Gasteiger partial charge on any atom is -0.381 e. The quantitative estimate of drug-likeness (QED) is 0.850. The molecule has 0 bridgehead atoms. The molecular formula is C14H21NO2. The molecule has 3 heteroatoms. The van der Waals surface area contributed by atoms with Gasteiger partial charge in [-0.05, 0) is 24.3 Å². The van der Waals surface area contributed by atoms with Crippen molar-refractivity contribution in [3.8, 4) is 0 Å². The molecular weight excluding hydrogens is 214 g/mol. The average Bonchev–Trinajstić information content (AvgIpc) is 2.41. The molecule has 1 aromatic carbocycles. The van der Waals surface area contributed by atoms with E-state index in [-0.39, 0.29) is 6.04 Å². The van der Waals surface area contributed by atoms with Crippen molar-refractivity contribution in [3.63, 3.8) is 0 Å². The van der Waals surface area contributed by atoms with Crippen LogP contribution in [-0.4, -0.2) is 26.4 Å². The first-order valence-electron chi connectivity index (χ1n) is 6.32. The van der Waals surface area contributed by atoms with Crippen LogP contribution in [0.5, 0.6) is 0 Å². The second-order valence-electron chi connectivity index (χ2n) is 4.61. The third-order valence-corrected chi connectivity index (χ3v) is 3.22. The van der Waals surface area contributed by atoms with Crippen molar-refractivity contribution in [2.24, 2.45) is 11.7 Å². The Bertz CT molecular complexity index is 309. The summed E-state index contributed by atoms with van der Waals surface area (Å²) >= 11 is 0. The summed E-state index contributed by atoms with van der Waals surface area (Å²) in [6.45, 7) is 3.16. The fourth-order valence-corrected chi connectivity index (χ4v) is 2.07. The van der Waals surface area contributed by atoms with Gasteiger partial charge in [0.2, 0.25) is 0 Å². The molecule has 0 aromatic heterocycles. The fraction of sp³-hybridized carbons (Fsp3) is 0.571. The van der Waals surface area contributed by atoms with Gasteiger partial charge in [-0.1, -0.05) is 30.3 Å². The molecule has 1 saturated heterocycles. The van der Waals surface area contributed by atoms with E-state index in [1.54, 1.807) is 0 Å². The van der Waals surface area contributed by atoms with Gasteiger partial charge in [-0.25, -0.2) is 0 Å². The van der Waals surface area contributed by atoms with Crippen molar-refractivity contribution in [3.05, 3.63) is 35.9 Å². The van der Waals surface area contributed by atoms with E-state index >= 15 is 0 Å². The highest BCUT2D eigenvalue weighted by molar-refractivity contribution is 5.18. The van der Waals surface area contributed by atoms with E-state index in [1.807, 2.05) is 30.3 Å². The van der Waals surface area contributed by atoms with E-state index in [9.17, 15) is 0 Å². The van der Waals surface area contributed by atoms with Crippen LogP contribution in [0.25, 0.3) is 0 Å². The molecule has 1 unspecified atom stereocenters. The van der Waals surface area contributed by atoms with Gasteiger partial charge in [0.1, 0.15) is 0 Å². The molecule has 1 aromatic rings. The molecule has 1 aliphatic heterocycles. The lowest BCUT2D eigenvalue weighted by atomic mass is 10.0. The average molecular weight is 235 g/mol. The third kappa shape index (κ3) is 4.11. The Labute approximate surface area is 103 Å². The molecule has 1 aliphatic rings. The molecule has 1 atom stereocenters. The molecule has 0 saturated carbocycles. The summed E-state index contributed by atoms with van der Waals surface area (Å²) in [7, 11) is 0. The zero-order valence-corrected chi connectivity index (χ0v) is 10.2. The van der Waals surface area contributed by atoms with E-state index in [4.69, 9.17) is 15.2 Å². The molecule has 2 rings (SSSR count). The summed E-state index contributed by atoms with van der Waals surface area (Å²) in [4.78, 5) is 0. The van der Waals surface area contributed by atoms with E-state index < -0.39 is 0 Å². The fourth-order valence-electron chi connectivity index (χ4n) is 2.07. The van der Waals surface area contributed by atoms with Crippen molar-refractivity contribution < 1.29 is 9.47 Å². The topological polar surface area (TPSA) is 44.5 Å². The Morgan fingerprint density at radius 1 is 1.24 bits per heavy atom. The van der Waals surface area contributed by atoms with Crippen LogP contribution in [0.3, 0.4) is 0 Å². The van der Waals surface area contributed by atoms with E-state index in [0.29, 0.717) is 12.5 Å². The van der Waals surface area contributed by atoms with Crippen LogP contribution < -0.4 is 5.73 Å². The number of rotatable bonds is 5. The van der Waals surface area contributed by atoms with Gasteiger partial charge in [0, 0.05) is 19.8 Å². The number of hydrogen-bond acceptors (Lipinski definition) is 3. The lowest BCUT2D eigenvalue weighted by molar-refractivity contribution is 0.0174. The van der Waals surface area contributed by atoms with Crippen molar-refractivity contribution in [1.82, 2.24) is 0 Å². The maximum Gasteiger partial charge on any atom is 0.0659 e. The van der Waals surface area contributed by atoms with Gasteiger partial charge in [-0.2, -0.15) is 0 Å². The van der Waals surface area contributed by atoms with Crippen LogP contribution >= 0.6 is 0 Å². The molecule has 2 N–H and O–H groups in total. The highest BCUT2D eigenvalue weighted by Crippen LogP contribution is 2.16. The van der Waals surface area contributed by atoms with Gasteiger partial charge >= 0.3 is 0 Å². The monoisotopic (exact) mass is 235 g/mol. The van der Waals surface area contributed by atoms with Crippen LogP contribution in [0.15, 0.2) is 30.3 Å². The largest absolute Gasteiger partial charge is 0.381 e. The third-order valence-electron chi connectivity index (χ3n) is 3.22. The lowest BCUT2D eigenvalue weighted by Gasteiger charge is -2.22. The Balaban J connectivity index is 1.67. The summed E-state index contributed by atoms with van der Waals surface area (Å²) in [6.07, 6.45) is 2.22. The molecule has 3 nitrogen and oxygen atoms in total. The molecule has 94 valence electrons. The zero-order chi connectivity index (χ0) is 11.9. The van der Waals surface area contributed by atoms with Crippen molar-refractivity contribution in [2.45, 2.75) is 18.9 Å². The first kappa shape index (κ1) is 12.6. The predicted molar refractivity (Wildman–Crippen MR) is 67.7 cm³/mol. The molecule has 0 radical (unpaired) electrons. The summed E-state index contributed by atoms with van der Waals surface area (Å²) in [5.41, 5.74) is 7.20. The molecule has 0 aliphatic carbocycles. The van der Waals surface area contributed by atoms with Crippen LogP contribution in [0.1, 0.15) is 24.4 Å². The van der Waals surface area contributed by atoms with Gasteiger partial charge in [-0.3, -0.25) is 0 Å². The molecule has 17 heavy (non-hydrogen) atoms. The first-order valence-corrected chi connectivity index (χ1v) is 6.32. The maximum atomic E-state index is 6.06. The van der Waals surface area contributed by atoms with Crippen molar-refractivity contribution in [1.29, 1.82) is 0 Å². The second-order valence-corrected chi connectivity index (χ2v) is 4.61. The summed E-state index contributed by atoms with van der Waals surface area (Å²) in [5.74, 6) is 0.645. The van der Waals surface area contributed by atoms with Crippen LogP contribution in [0.4, 0.5) is 0 Å². The summed E-state index contributed by atoms with van der Waals surface area (Å²) < 4.78 is 11.0. The standard InChI is InChI=1S/C14H21NO2/c15-14(13-4-2-1-3-5-13)11-17-10-12-6-8-16-9-7-12/h1-5,12,14H,6-11,15H2. The zero-order valence-electron chi connectivity index (χ0n) is 10.2. The molecule has 1 heterocycles. The predicted octanol–water partition coefficient (Wildman–Crippen LogP) is 2.13. The Morgan fingerprint density at radius 2 is 1.94 bits per heavy atom. The van der Waals surface area contributed by atoms with Crippen molar-refractivity contribution in [2.75, 3.05) is 26.4 Å². The minimum atomic E-state index is -0.0176. The second kappa shape index (κ2) is 6.74. The van der Waals surface area contributed by atoms with Crippen LogP contribution in [0, 0.1) is 5.92 Å². The van der Waals surface area contributed by atoms with Gasteiger partial charge in [0.05, 0.1) is 12.6 Å². The Hall–Kier alpha value is -0.900. The SMILES string of the molecule is NC(COCC1CCOCC1)c1ccccc1. The smallest absolute Gasteiger partial charge is 0.0659 e. The van der Waals surface area contributed by atoms with Crippen LogP contribution in [-0.2, 0) is 9.47 Å². The molecule has 0 spiro atoms. The molecule has 0 amide bonds. The Morgan fingerprint density at radius 3 is 2.65 bits per heavy atom. The maximum absolute atomic E-state index is 6.06. The number of ether oxygens (including phenoxy) is 2. The van der Waals surface area contributed by atoms with Gasteiger partial charge in [0.25, 0.3) is 0 Å². The Kier molecular flexibility index (Phi) is 4.98. The first-order chi connectivity index (χ1) is 8.36. The highest BCUT2D eigenvalue weighted by atomic mass is 16.5. The van der Waals surface area contributed by atoms with E-state index in [1.165, 1.54) is 0 Å². The van der Waals surface area contributed by atoms with E-state index in [2.05, 4.69) is 0 Å². The summed E-state index contributed by atoms with van der Waals surface area (Å²) in [5, 5.41) is 0. The van der Waals surface area contributed by atoms with Gasteiger partial charge in [0.15, 0.2) is 0 Å². The van der Waals surface area contributed by atoms with Crippen LogP contribution in [0.2, 0.25) is 0 Å². The minimum absolute atomic E-state index is 0.0176. The normalized spacial score (nSPS) is 19.1. The van der Waals surface area contributed by atoms with Gasteiger partial charge < -0.3 is 15.2 Å². The van der Waals surface area contributed by atoms with E-state index in [0.717, 1.165) is 38.2 Å². The highest BCUT2D eigenvalue weighted by Gasteiger charge is 2.14. The van der Waals surface area contributed by atoms with Gasteiger partial charge in [-0.15, -0.1) is 0 Å². The summed E-state index contributed by atoms with van der Waals surface area (Å²) in [6, 6.07) is 10.1. The molecule has 1 fully saturated rings. The number of nitrogens with two attached hydrogens (primary N) is 1. The lowest BCUT2D eigenvalue weighted by Crippen LogP contribution is -2.23. The number of hydrogen-bond donors (Lipinski definition) is 1. The number of benzene rings is 1. The van der Waals surface area contributed by atoms with Crippen molar-refractivity contribution >= 4 is 0 Å².